The van der Waals surface area contributed by atoms with Crippen molar-refractivity contribution in [1.82, 2.24) is 10.3 Å². The van der Waals surface area contributed by atoms with Crippen LogP contribution in [0.3, 0.4) is 0 Å². The van der Waals surface area contributed by atoms with Crippen LogP contribution in [0.15, 0.2) is 0 Å². The Balaban J connectivity index is 2.87. The molecular weight excluding hydrogens is 192 g/mol. The number of hydrogen-bond acceptors (Lipinski definition) is 3. The Labute approximate surface area is 90.8 Å². The van der Waals surface area contributed by atoms with Gasteiger partial charge in [0.05, 0.1) is 10.7 Å². The molecule has 0 amide bonds. The largest absolute Gasteiger partial charge is 0.315 e. The fourth-order valence-electron chi connectivity index (χ4n) is 1.38. The van der Waals surface area contributed by atoms with Crippen molar-refractivity contribution in [3.63, 3.8) is 0 Å². The molecule has 1 rings (SSSR count). The van der Waals surface area contributed by atoms with Crippen molar-refractivity contribution in [2.75, 3.05) is 7.05 Å². The number of thiazole rings is 1. The Kier molecular flexibility index (Phi) is 4.55. The molecule has 1 aromatic heterocycles. The lowest BCUT2D eigenvalue weighted by molar-refractivity contribution is 0.787. The number of nitrogens with zero attached hydrogens (tertiary/aromatic N) is 1. The summed E-state index contributed by atoms with van der Waals surface area (Å²) < 4.78 is 0. The van der Waals surface area contributed by atoms with Crippen LogP contribution in [0, 0.1) is 0 Å². The van der Waals surface area contributed by atoms with Crippen LogP contribution in [0.5, 0.6) is 0 Å². The summed E-state index contributed by atoms with van der Waals surface area (Å²) in [6.45, 7) is 7.58. The fourth-order valence-corrected chi connectivity index (χ4v) is 2.51. The third-order valence-electron chi connectivity index (χ3n) is 2.11. The van der Waals surface area contributed by atoms with Gasteiger partial charge in [-0.05, 0) is 13.5 Å². The Morgan fingerprint density at radius 1 is 1.43 bits per heavy atom. The molecule has 2 nitrogen and oxygen atoms in total. The first kappa shape index (κ1) is 11.7. The van der Waals surface area contributed by atoms with Gasteiger partial charge < -0.3 is 5.32 Å². The van der Waals surface area contributed by atoms with Crippen LogP contribution in [0.1, 0.15) is 48.7 Å². The molecule has 0 spiro atoms. The predicted molar refractivity (Wildman–Crippen MR) is 63.0 cm³/mol. The standard InChI is InChI=1S/C11H20N2S/c1-5-6-9-10(7-12-4)14-11(13-9)8(2)3/h8,12H,5-7H2,1-4H3. The smallest absolute Gasteiger partial charge is 0.0957 e. The van der Waals surface area contributed by atoms with Gasteiger partial charge in [-0.2, -0.15) is 0 Å². The van der Waals surface area contributed by atoms with Crippen molar-refractivity contribution in [2.45, 2.75) is 46.1 Å². The van der Waals surface area contributed by atoms with Crippen LogP contribution in [-0.2, 0) is 13.0 Å². The van der Waals surface area contributed by atoms with E-state index in [2.05, 4.69) is 26.1 Å². The predicted octanol–water partition coefficient (Wildman–Crippen LogP) is 2.94. The van der Waals surface area contributed by atoms with Crippen LogP contribution >= 0.6 is 11.3 Å². The SMILES string of the molecule is CCCc1nc(C(C)C)sc1CNC. The van der Waals surface area contributed by atoms with Crippen LogP contribution in [-0.4, -0.2) is 12.0 Å². The molecule has 1 heterocycles. The van der Waals surface area contributed by atoms with Gasteiger partial charge in [-0.25, -0.2) is 4.98 Å². The molecule has 0 unspecified atom stereocenters. The number of aryl methyl sites for hydroxylation is 1. The maximum absolute atomic E-state index is 4.70. The lowest BCUT2D eigenvalue weighted by Crippen LogP contribution is -2.05. The van der Waals surface area contributed by atoms with Gasteiger partial charge in [0.1, 0.15) is 0 Å². The molecule has 0 saturated carbocycles. The van der Waals surface area contributed by atoms with E-state index in [1.165, 1.54) is 22.0 Å². The number of aromatic nitrogens is 1. The lowest BCUT2D eigenvalue weighted by atomic mass is 10.2. The van der Waals surface area contributed by atoms with Crippen LogP contribution in [0.2, 0.25) is 0 Å². The molecule has 0 fully saturated rings. The third kappa shape index (κ3) is 2.79. The van der Waals surface area contributed by atoms with Crippen LogP contribution in [0.4, 0.5) is 0 Å². The first-order valence-electron chi connectivity index (χ1n) is 5.32. The Hall–Kier alpha value is -0.410. The van der Waals surface area contributed by atoms with E-state index in [9.17, 15) is 0 Å². The minimum absolute atomic E-state index is 0.557. The van der Waals surface area contributed by atoms with Gasteiger partial charge in [0.2, 0.25) is 0 Å². The zero-order valence-electron chi connectivity index (χ0n) is 9.55. The van der Waals surface area contributed by atoms with Crippen molar-refractivity contribution in [2.24, 2.45) is 0 Å². The average Bonchev–Trinajstić information content (AvgIpc) is 2.50. The summed E-state index contributed by atoms with van der Waals surface area (Å²) in [5.41, 5.74) is 1.30. The molecule has 0 aliphatic rings. The first-order chi connectivity index (χ1) is 6.69. The van der Waals surface area contributed by atoms with Gasteiger partial charge in [-0.3, -0.25) is 0 Å². The summed E-state index contributed by atoms with van der Waals surface area (Å²) in [6, 6.07) is 0. The zero-order valence-corrected chi connectivity index (χ0v) is 10.4. The lowest BCUT2D eigenvalue weighted by Gasteiger charge is -1.98. The van der Waals surface area contributed by atoms with Crippen molar-refractivity contribution >= 4 is 11.3 Å². The normalized spacial score (nSPS) is 11.2. The van der Waals surface area contributed by atoms with Gasteiger partial charge in [-0.15, -0.1) is 11.3 Å². The molecule has 0 atom stereocenters. The fraction of sp³-hybridized carbons (Fsp3) is 0.727. The second kappa shape index (κ2) is 5.47. The van der Waals surface area contributed by atoms with E-state index in [0.29, 0.717) is 5.92 Å². The summed E-state index contributed by atoms with van der Waals surface area (Å²) in [5.74, 6) is 0.557. The number of rotatable bonds is 5. The second-order valence-corrected chi connectivity index (χ2v) is 4.97. The second-order valence-electron chi connectivity index (χ2n) is 3.86. The molecule has 0 bridgehead atoms. The maximum atomic E-state index is 4.70. The van der Waals surface area contributed by atoms with E-state index in [-0.39, 0.29) is 0 Å². The molecule has 0 aliphatic carbocycles. The van der Waals surface area contributed by atoms with Crippen molar-refractivity contribution in [3.8, 4) is 0 Å². The highest BCUT2D eigenvalue weighted by Crippen LogP contribution is 2.25. The van der Waals surface area contributed by atoms with Gasteiger partial charge >= 0.3 is 0 Å². The molecule has 80 valence electrons. The summed E-state index contributed by atoms with van der Waals surface area (Å²) >= 11 is 1.86. The monoisotopic (exact) mass is 212 g/mol. The van der Waals surface area contributed by atoms with Gasteiger partial charge in [0, 0.05) is 17.3 Å². The molecule has 1 aromatic rings. The molecule has 3 heteroatoms. The summed E-state index contributed by atoms with van der Waals surface area (Å²) in [4.78, 5) is 6.11. The highest BCUT2D eigenvalue weighted by Gasteiger charge is 2.11. The van der Waals surface area contributed by atoms with E-state index in [1.54, 1.807) is 0 Å². The van der Waals surface area contributed by atoms with Gasteiger partial charge in [0.25, 0.3) is 0 Å². The summed E-state index contributed by atoms with van der Waals surface area (Å²) in [5, 5.41) is 4.48. The van der Waals surface area contributed by atoms with Crippen LogP contribution in [0.25, 0.3) is 0 Å². The maximum Gasteiger partial charge on any atom is 0.0957 e. The first-order valence-corrected chi connectivity index (χ1v) is 6.13. The molecule has 14 heavy (non-hydrogen) atoms. The van der Waals surface area contributed by atoms with Gasteiger partial charge in [-0.1, -0.05) is 27.2 Å². The van der Waals surface area contributed by atoms with Crippen molar-refractivity contribution in [3.05, 3.63) is 15.6 Å². The highest BCUT2D eigenvalue weighted by atomic mass is 32.1. The Bertz CT molecular complexity index is 255. The van der Waals surface area contributed by atoms with Gasteiger partial charge in [0.15, 0.2) is 0 Å². The van der Waals surface area contributed by atoms with Crippen molar-refractivity contribution in [1.29, 1.82) is 0 Å². The summed E-state index contributed by atoms with van der Waals surface area (Å²) in [7, 11) is 1.99. The highest BCUT2D eigenvalue weighted by molar-refractivity contribution is 7.11. The van der Waals surface area contributed by atoms with Crippen molar-refractivity contribution < 1.29 is 0 Å². The minimum Gasteiger partial charge on any atom is -0.315 e. The van der Waals surface area contributed by atoms with E-state index in [1.807, 2.05) is 18.4 Å². The quantitative estimate of drug-likeness (QED) is 0.811. The molecule has 0 radical (unpaired) electrons. The molecule has 0 saturated heterocycles. The zero-order chi connectivity index (χ0) is 10.6. The topological polar surface area (TPSA) is 24.9 Å². The van der Waals surface area contributed by atoms with E-state index >= 15 is 0 Å². The molecular formula is C11H20N2S. The van der Waals surface area contributed by atoms with E-state index in [0.717, 1.165) is 13.0 Å². The minimum atomic E-state index is 0.557. The molecule has 1 N–H and O–H groups in total. The summed E-state index contributed by atoms with van der Waals surface area (Å²) in [6.07, 6.45) is 2.29. The molecule has 0 aromatic carbocycles. The van der Waals surface area contributed by atoms with E-state index in [4.69, 9.17) is 4.98 Å². The molecule has 0 aliphatic heterocycles. The third-order valence-corrected chi connectivity index (χ3v) is 3.51. The average molecular weight is 212 g/mol. The van der Waals surface area contributed by atoms with Crippen LogP contribution < -0.4 is 5.32 Å². The van der Waals surface area contributed by atoms with E-state index < -0.39 is 0 Å². The Morgan fingerprint density at radius 2 is 2.14 bits per heavy atom. The number of hydrogen-bond donors (Lipinski definition) is 1. The Morgan fingerprint density at radius 3 is 2.64 bits per heavy atom. The number of nitrogens with one attached hydrogen (secondary N) is 1.